The molecule has 0 aromatic heterocycles. The molecule has 0 atom stereocenters. The molecule has 2 heteroatoms. The molecule has 0 rings (SSSR count). The average Bonchev–Trinajstić information content (AvgIpc) is 1.21. The molecule has 0 amide bonds. The van der Waals surface area contributed by atoms with Crippen molar-refractivity contribution in [2.45, 2.75) is 0 Å². The Morgan fingerprint density at radius 3 is 3.25 bits per heavy atom. The van der Waals surface area contributed by atoms with Gasteiger partial charge < -0.3 is 10.8 Å². The van der Waals surface area contributed by atoms with Gasteiger partial charge in [0.15, 0.2) is 0 Å². The van der Waals surface area contributed by atoms with Crippen molar-refractivity contribution in [3.05, 3.63) is 0 Å². The van der Waals surface area contributed by atoms with Gasteiger partial charge >= 0.3 is 0 Å². The molecule has 0 saturated heterocycles. The van der Waals surface area contributed by atoms with Crippen LogP contribution < -0.4 is 5.72 Å². The Morgan fingerprint density at radius 1 is 2.50 bits per heavy atom. The van der Waals surface area contributed by atoms with Crippen LogP contribution in [0.4, 0.5) is 0 Å². The van der Waals surface area contributed by atoms with Crippen molar-refractivity contribution in [2.75, 3.05) is 13.1 Å². The molecule has 0 aliphatic heterocycles. The molecule has 0 fully saturated rings. The Labute approximate surface area is 31.0 Å². The summed E-state index contributed by atoms with van der Waals surface area (Å²) < 4.78 is 25.5. The highest BCUT2D eigenvalue weighted by Crippen LogP contribution is 1.33. The maximum absolute atomic E-state index is 8.24. The van der Waals surface area contributed by atoms with Crippen molar-refractivity contribution >= 4 is 0 Å². The van der Waals surface area contributed by atoms with E-state index in [0.29, 0.717) is 0 Å². The van der Waals surface area contributed by atoms with Crippen LogP contribution in [0.3, 0.4) is 0 Å². The first-order chi connectivity index (χ1) is 3.42. The molecule has 0 spiro atoms. The van der Waals surface area contributed by atoms with E-state index >= 15 is 0 Å². The van der Waals surface area contributed by atoms with Gasteiger partial charge in [0.25, 0.3) is 0 Å². The molecule has 0 aromatic rings. The van der Waals surface area contributed by atoms with Crippen LogP contribution in [0.15, 0.2) is 0 Å². The van der Waals surface area contributed by atoms with Gasteiger partial charge in [0.05, 0.1) is 9.30 Å². The van der Waals surface area contributed by atoms with Gasteiger partial charge in [-0.05, 0) is 0 Å². The van der Waals surface area contributed by atoms with E-state index in [4.69, 9.17) is 10.7 Å². The fraction of sp³-hybridized carbons (Fsp3) is 1.00. The topological polar surface area (TPSA) is 46.2 Å². The zero-order chi connectivity index (χ0) is 6.78. The predicted molar refractivity (Wildman–Crippen MR) is 16.1 cm³/mol. The van der Waals surface area contributed by atoms with E-state index in [1.54, 1.807) is 0 Å². The van der Waals surface area contributed by atoms with Gasteiger partial charge in [-0.3, -0.25) is 0 Å². The summed E-state index contributed by atoms with van der Waals surface area (Å²) in [4.78, 5) is 0. The van der Waals surface area contributed by atoms with Crippen LogP contribution in [-0.2, 0) is 0 Å². The molecule has 0 saturated carbocycles. The third kappa shape index (κ3) is 1.92. The van der Waals surface area contributed by atoms with Gasteiger partial charge in [-0.15, -0.1) is 0 Å². The van der Waals surface area contributed by atoms with Crippen molar-refractivity contribution in [1.29, 1.82) is 0 Å². The van der Waals surface area contributed by atoms with E-state index in [2.05, 4.69) is 0 Å². The third-order valence-electron chi connectivity index (χ3n) is 0.0707. The average molecular weight is 65.1 g/mol. The molecule has 4 heavy (non-hydrogen) atoms. The lowest BCUT2D eigenvalue weighted by atomic mass is 10.8. The highest BCUT2D eigenvalue weighted by atomic mass is 16.3. The fourth-order valence-corrected chi connectivity index (χ4v) is 0. The maximum atomic E-state index is 8.24. The lowest BCUT2D eigenvalue weighted by Gasteiger charge is -1.71. The molecule has 0 bridgehead atoms. The van der Waals surface area contributed by atoms with E-state index in [-0.39, 0.29) is 5.72 Å². The SMILES string of the molecule is [2H]N([2H])CC([2H])([2H])O. The summed E-state index contributed by atoms with van der Waals surface area (Å²) in [5, 5.41) is 8.24. The van der Waals surface area contributed by atoms with Gasteiger partial charge in [-0.2, -0.15) is 0 Å². The minimum absolute atomic E-state index is 0.0833. The van der Waals surface area contributed by atoms with Gasteiger partial charge in [-0.1, -0.05) is 0 Å². The number of nitrogens with two attached hydrogens (primary N) is 1. The van der Waals surface area contributed by atoms with Gasteiger partial charge in [0.2, 0.25) is 0 Å². The van der Waals surface area contributed by atoms with Crippen LogP contribution in [-0.4, -0.2) is 18.2 Å². The first-order valence-electron chi connectivity index (χ1n) is 2.79. The Morgan fingerprint density at radius 2 is 3.25 bits per heavy atom. The van der Waals surface area contributed by atoms with Crippen molar-refractivity contribution < 1.29 is 10.7 Å². The van der Waals surface area contributed by atoms with E-state index in [0.717, 1.165) is 0 Å². The molecule has 26 valence electrons. The number of rotatable bonds is 2. The molecule has 0 aromatic carbocycles. The highest BCUT2D eigenvalue weighted by molar-refractivity contribution is 4.17. The Hall–Kier alpha value is -0.0800. The van der Waals surface area contributed by atoms with Crippen LogP contribution in [0, 0.1) is 0 Å². The van der Waals surface area contributed by atoms with Gasteiger partial charge in [0.1, 0.15) is 2.82 Å². The van der Waals surface area contributed by atoms with Crippen LogP contribution >= 0.6 is 0 Å². The normalized spacial score (nSPS) is 26.5. The highest BCUT2D eigenvalue weighted by Gasteiger charge is 1.56. The van der Waals surface area contributed by atoms with Gasteiger partial charge in [-0.25, -0.2) is 0 Å². The smallest absolute Gasteiger partial charge is 0.118 e. The molecule has 2 nitrogen and oxygen atoms in total. The molecule has 0 heterocycles. The Bertz CT molecular complexity index is 68.9. The van der Waals surface area contributed by atoms with Crippen molar-refractivity contribution in [2.24, 2.45) is 5.72 Å². The zero-order valence-electron chi connectivity index (χ0n) is 6.10. The largest absolute Gasteiger partial charge is 0.395 e. The molecular weight excluding hydrogens is 54.0 g/mol. The van der Waals surface area contributed by atoms with E-state index in [1.165, 1.54) is 0 Å². The quantitative estimate of drug-likeness (QED) is 0.430. The van der Waals surface area contributed by atoms with E-state index in [9.17, 15) is 0 Å². The summed E-state index contributed by atoms with van der Waals surface area (Å²) >= 11 is 0. The minimum Gasteiger partial charge on any atom is -0.395 e. The number of hydrogen-bond acceptors (Lipinski definition) is 2. The minimum atomic E-state index is -2.43. The molecular formula is C2H7NO. The number of aliphatic hydroxyl groups is 1. The summed E-state index contributed by atoms with van der Waals surface area (Å²) in [6, 6.07) is 0. The van der Waals surface area contributed by atoms with Crippen LogP contribution in [0.2, 0.25) is 2.82 Å². The molecule has 0 unspecified atom stereocenters. The summed E-state index contributed by atoms with van der Waals surface area (Å²) in [6.07, 6.45) is 0. The first kappa shape index (κ1) is 0.698. The lowest BCUT2D eigenvalue weighted by molar-refractivity contribution is 0.306. The first-order valence-corrected chi connectivity index (χ1v) is 0.893. The second kappa shape index (κ2) is 2.92. The summed E-state index contributed by atoms with van der Waals surface area (Å²) in [5.41, 5.74) is 0.0833. The second-order valence-corrected chi connectivity index (χ2v) is 0.316. The predicted octanol–water partition coefficient (Wildman–Crippen LogP) is -1.06. The van der Waals surface area contributed by atoms with Gasteiger partial charge in [0, 0.05) is 6.54 Å². The van der Waals surface area contributed by atoms with Crippen molar-refractivity contribution in [1.82, 2.24) is 0 Å². The summed E-state index contributed by atoms with van der Waals surface area (Å²) in [7, 11) is 0. The number of hydrogen-bond donors (Lipinski definition) is 2. The molecule has 0 aliphatic rings. The Kier molecular flexibility index (Phi) is 0.510. The van der Waals surface area contributed by atoms with E-state index in [1.807, 2.05) is 0 Å². The lowest BCUT2D eigenvalue weighted by Crippen LogP contribution is -2.02. The summed E-state index contributed by atoms with van der Waals surface area (Å²) in [6.45, 7) is -3.05. The zero-order valence-corrected chi connectivity index (χ0v) is 2.10. The standard InChI is InChI=1S/C2H7NO/c3-1-2-4/h4H,1-3H2/i2D2/hD2. The third-order valence-corrected chi connectivity index (χ3v) is 0.0707. The second-order valence-electron chi connectivity index (χ2n) is 0.316. The van der Waals surface area contributed by atoms with Crippen LogP contribution in [0.25, 0.3) is 0 Å². The Balaban J connectivity index is 3.39. The summed E-state index contributed by atoms with van der Waals surface area (Å²) in [5.74, 6) is 0. The van der Waals surface area contributed by atoms with Crippen molar-refractivity contribution in [3.8, 4) is 0 Å². The van der Waals surface area contributed by atoms with Crippen molar-refractivity contribution in [3.63, 3.8) is 0 Å². The molecule has 0 radical (unpaired) electrons. The molecule has 3 N–H and O–H groups in total. The monoisotopic (exact) mass is 65.1 g/mol. The van der Waals surface area contributed by atoms with Crippen LogP contribution in [0.5, 0.6) is 0 Å². The maximum Gasteiger partial charge on any atom is 0.118 e. The fourth-order valence-electron chi connectivity index (χ4n) is 0. The molecule has 0 aliphatic carbocycles. The van der Waals surface area contributed by atoms with E-state index < -0.39 is 13.1 Å². The van der Waals surface area contributed by atoms with Crippen LogP contribution in [0.1, 0.15) is 2.74 Å².